The number of ether oxygens (including phenoxy) is 1. The second kappa shape index (κ2) is 9.56. The molecule has 0 atom stereocenters. The van der Waals surface area contributed by atoms with Crippen LogP contribution in [0.25, 0.3) is 0 Å². The maximum atomic E-state index is 12.4. The maximum absolute atomic E-state index is 12.4. The van der Waals surface area contributed by atoms with Crippen LogP contribution in [-0.4, -0.2) is 24.0 Å². The summed E-state index contributed by atoms with van der Waals surface area (Å²) >= 11 is 4.01. The number of hydrogen-bond acceptors (Lipinski definition) is 4. The number of hydrogen-bond donors (Lipinski definition) is 1. The Bertz CT molecular complexity index is 768. The van der Waals surface area contributed by atoms with Crippen LogP contribution in [0.2, 0.25) is 0 Å². The third-order valence-electron chi connectivity index (χ3n) is 4.54. The Labute approximate surface area is 170 Å². The van der Waals surface area contributed by atoms with Crippen LogP contribution in [0.15, 0.2) is 42.5 Å². The summed E-state index contributed by atoms with van der Waals surface area (Å²) in [7, 11) is 0. The van der Waals surface area contributed by atoms with E-state index >= 15 is 0 Å². The van der Waals surface area contributed by atoms with E-state index in [2.05, 4.69) is 37.4 Å². The van der Waals surface area contributed by atoms with E-state index in [0.717, 1.165) is 22.6 Å². The summed E-state index contributed by atoms with van der Waals surface area (Å²) in [6.07, 6.45) is 1.29. The largest absolute Gasteiger partial charge is 0.484 e. The molecule has 2 aromatic carbocycles. The first-order valence-corrected chi connectivity index (χ1v) is 11.5. The molecule has 0 bridgehead atoms. The van der Waals surface area contributed by atoms with Crippen molar-refractivity contribution in [2.75, 3.05) is 23.4 Å². The fourth-order valence-corrected chi connectivity index (χ4v) is 5.96. The van der Waals surface area contributed by atoms with Crippen molar-refractivity contribution in [3.63, 3.8) is 0 Å². The quantitative estimate of drug-likeness (QED) is 0.644. The van der Waals surface area contributed by atoms with E-state index in [0.29, 0.717) is 10.5 Å². The number of carbonyl (C=O) groups is 1. The van der Waals surface area contributed by atoms with Gasteiger partial charge in [0.15, 0.2) is 6.61 Å². The lowest BCUT2D eigenvalue weighted by molar-refractivity contribution is -0.118. The SMILES string of the molecule is Cc1cccc(C(C)C)c1NC(=O)COc1ccc(C2SCCCS2)cc1. The van der Waals surface area contributed by atoms with Crippen LogP contribution in [0.3, 0.4) is 0 Å². The van der Waals surface area contributed by atoms with Crippen molar-refractivity contribution in [1.29, 1.82) is 0 Å². The van der Waals surface area contributed by atoms with E-state index in [4.69, 9.17) is 4.74 Å². The first kappa shape index (κ1) is 20.2. The Kier molecular flexibility index (Phi) is 7.13. The van der Waals surface area contributed by atoms with Crippen molar-refractivity contribution in [2.24, 2.45) is 0 Å². The molecule has 0 unspecified atom stereocenters. The van der Waals surface area contributed by atoms with Gasteiger partial charge in [0.1, 0.15) is 5.75 Å². The Morgan fingerprint density at radius 3 is 2.52 bits per heavy atom. The monoisotopic (exact) mass is 401 g/mol. The summed E-state index contributed by atoms with van der Waals surface area (Å²) in [6, 6.07) is 14.3. The average molecular weight is 402 g/mol. The van der Waals surface area contributed by atoms with Crippen LogP contribution in [-0.2, 0) is 4.79 Å². The molecule has 0 spiro atoms. The molecule has 0 aromatic heterocycles. The summed E-state index contributed by atoms with van der Waals surface area (Å²) in [5.41, 5.74) is 4.45. The number of nitrogens with one attached hydrogen (secondary N) is 1. The molecule has 1 N–H and O–H groups in total. The molecule has 2 aromatic rings. The minimum Gasteiger partial charge on any atom is -0.484 e. The smallest absolute Gasteiger partial charge is 0.262 e. The van der Waals surface area contributed by atoms with Gasteiger partial charge in [-0.2, -0.15) is 0 Å². The molecule has 1 fully saturated rings. The highest BCUT2D eigenvalue weighted by Gasteiger charge is 2.16. The fraction of sp³-hybridized carbons (Fsp3) is 0.409. The highest BCUT2D eigenvalue weighted by atomic mass is 32.2. The number of rotatable bonds is 6. The van der Waals surface area contributed by atoms with Crippen LogP contribution in [0.1, 0.15) is 47.5 Å². The molecule has 1 aliphatic heterocycles. The Morgan fingerprint density at radius 2 is 1.85 bits per heavy atom. The van der Waals surface area contributed by atoms with E-state index < -0.39 is 0 Å². The van der Waals surface area contributed by atoms with E-state index in [1.807, 2.05) is 54.7 Å². The first-order chi connectivity index (χ1) is 13.0. The summed E-state index contributed by atoms with van der Waals surface area (Å²) in [4.78, 5) is 12.4. The maximum Gasteiger partial charge on any atom is 0.262 e. The third kappa shape index (κ3) is 5.45. The number of aryl methyl sites for hydroxylation is 1. The topological polar surface area (TPSA) is 38.3 Å². The van der Waals surface area contributed by atoms with Gasteiger partial charge in [0, 0.05) is 5.69 Å². The highest BCUT2D eigenvalue weighted by Crippen LogP contribution is 2.43. The standard InChI is InChI=1S/C22H27NO2S2/c1-15(2)19-7-4-6-16(3)21(19)23-20(24)14-25-18-10-8-17(9-11-18)22-26-12-5-13-27-22/h4,6-11,15,22H,5,12-14H2,1-3H3,(H,23,24). The van der Waals surface area contributed by atoms with Crippen molar-refractivity contribution >= 4 is 35.1 Å². The molecule has 0 radical (unpaired) electrons. The third-order valence-corrected chi connectivity index (χ3v) is 7.56. The van der Waals surface area contributed by atoms with Gasteiger partial charge in [-0.15, -0.1) is 23.5 Å². The van der Waals surface area contributed by atoms with E-state index in [1.54, 1.807) is 0 Å². The van der Waals surface area contributed by atoms with E-state index in [9.17, 15) is 4.79 Å². The molecule has 3 nitrogen and oxygen atoms in total. The molecule has 1 aliphatic rings. The lowest BCUT2D eigenvalue weighted by atomic mass is 9.98. The van der Waals surface area contributed by atoms with Crippen LogP contribution >= 0.6 is 23.5 Å². The van der Waals surface area contributed by atoms with Gasteiger partial charge in [0.2, 0.25) is 0 Å². The Balaban J connectivity index is 1.57. The van der Waals surface area contributed by atoms with E-state index in [-0.39, 0.29) is 12.5 Å². The second-order valence-corrected chi connectivity index (χ2v) is 9.75. The van der Waals surface area contributed by atoms with Crippen molar-refractivity contribution < 1.29 is 9.53 Å². The van der Waals surface area contributed by atoms with Gasteiger partial charge >= 0.3 is 0 Å². The van der Waals surface area contributed by atoms with Crippen molar-refractivity contribution in [3.05, 3.63) is 59.2 Å². The molecule has 144 valence electrons. The zero-order valence-electron chi connectivity index (χ0n) is 16.2. The summed E-state index contributed by atoms with van der Waals surface area (Å²) in [5, 5.41) is 3.02. The molecule has 1 amide bonds. The number of carbonyl (C=O) groups excluding carboxylic acids is 1. The van der Waals surface area contributed by atoms with Crippen LogP contribution in [0, 0.1) is 6.92 Å². The fourth-order valence-electron chi connectivity index (χ4n) is 3.07. The number of thioether (sulfide) groups is 2. The minimum atomic E-state index is -0.131. The molecule has 3 rings (SSSR count). The summed E-state index contributed by atoms with van der Waals surface area (Å²) in [5.74, 6) is 3.41. The number of anilines is 1. The van der Waals surface area contributed by atoms with Gasteiger partial charge in [-0.05, 0) is 59.6 Å². The molecular formula is C22H27NO2S2. The average Bonchev–Trinajstić information content (AvgIpc) is 2.69. The predicted molar refractivity (Wildman–Crippen MR) is 118 cm³/mol. The Morgan fingerprint density at radius 1 is 1.15 bits per heavy atom. The number of amides is 1. The molecule has 0 aliphatic carbocycles. The molecule has 1 saturated heterocycles. The van der Waals surface area contributed by atoms with Gasteiger partial charge in [-0.1, -0.05) is 44.2 Å². The zero-order valence-corrected chi connectivity index (χ0v) is 17.8. The minimum absolute atomic E-state index is 0.0120. The van der Waals surface area contributed by atoms with Crippen LogP contribution in [0.5, 0.6) is 5.75 Å². The first-order valence-electron chi connectivity index (χ1n) is 9.40. The molecule has 1 heterocycles. The Hall–Kier alpha value is -1.59. The van der Waals surface area contributed by atoms with Gasteiger partial charge in [0.25, 0.3) is 5.91 Å². The molecular weight excluding hydrogens is 374 g/mol. The summed E-state index contributed by atoms with van der Waals surface area (Å²) in [6.45, 7) is 6.29. The van der Waals surface area contributed by atoms with Crippen molar-refractivity contribution in [1.82, 2.24) is 0 Å². The van der Waals surface area contributed by atoms with Crippen molar-refractivity contribution in [2.45, 2.75) is 37.7 Å². The molecule has 5 heteroatoms. The predicted octanol–water partition coefficient (Wildman–Crippen LogP) is 6.00. The van der Waals surface area contributed by atoms with Crippen LogP contribution in [0.4, 0.5) is 5.69 Å². The lowest BCUT2D eigenvalue weighted by Gasteiger charge is -2.21. The normalized spacial score (nSPS) is 15.0. The number of benzene rings is 2. The molecule has 0 saturated carbocycles. The molecule has 27 heavy (non-hydrogen) atoms. The lowest BCUT2D eigenvalue weighted by Crippen LogP contribution is -2.21. The van der Waals surface area contributed by atoms with Gasteiger partial charge < -0.3 is 10.1 Å². The second-order valence-electron chi connectivity index (χ2n) is 7.03. The van der Waals surface area contributed by atoms with E-state index in [1.165, 1.54) is 23.5 Å². The zero-order chi connectivity index (χ0) is 19.2. The van der Waals surface area contributed by atoms with Crippen molar-refractivity contribution in [3.8, 4) is 5.75 Å². The van der Waals surface area contributed by atoms with Crippen LogP contribution < -0.4 is 10.1 Å². The van der Waals surface area contributed by atoms with Gasteiger partial charge in [-0.25, -0.2) is 0 Å². The van der Waals surface area contributed by atoms with Gasteiger partial charge in [-0.3, -0.25) is 4.79 Å². The van der Waals surface area contributed by atoms with Gasteiger partial charge in [0.05, 0.1) is 4.58 Å². The number of para-hydroxylation sites is 1. The summed E-state index contributed by atoms with van der Waals surface area (Å²) < 4.78 is 6.22. The highest BCUT2D eigenvalue weighted by molar-refractivity contribution is 8.16.